The number of rotatable bonds is 5. The molecule has 2 aromatic rings. The lowest BCUT2D eigenvalue weighted by molar-refractivity contribution is 0.500. The molecule has 0 atom stereocenters. The summed E-state index contributed by atoms with van der Waals surface area (Å²) < 4.78 is 5.47. The van der Waals surface area contributed by atoms with Crippen LogP contribution in [0, 0.1) is 6.92 Å². The van der Waals surface area contributed by atoms with Gasteiger partial charge >= 0.3 is 0 Å². The Morgan fingerprint density at radius 2 is 2.26 bits per heavy atom. The molecule has 0 saturated heterocycles. The highest BCUT2D eigenvalue weighted by molar-refractivity contribution is 5.52. The molecule has 1 aliphatic rings. The summed E-state index contributed by atoms with van der Waals surface area (Å²) in [6.07, 6.45) is 6.02. The average Bonchev–Trinajstić information content (AvgIpc) is 3.13. The van der Waals surface area contributed by atoms with Gasteiger partial charge in [-0.15, -0.1) is 0 Å². The largest absolute Gasteiger partial charge is 0.467 e. The first kappa shape index (κ1) is 12.2. The van der Waals surface area contributed by atoms with Crippen LogP contribution in [0.1, 0.15) is 29.7 Å². The maximum Gasteiger partial charge on any atom is 0.133 e. The van der Waals surface area contributed by atoms with E-state index in [2.05, 4.69) is 16.8 Å². The van der Waals surface area contributed by atoms with Crippen LogP contribution in [-0.2, 0) is 13.1 Å². The van der Waals surface area contributed by atoms with E-state index >= 15 is 0 Å². The van der Waals surface area contributed by atoms with Crippen LogP contribution in [0.3, 0.4) is 0 Å². The van der Waals surface area contributed by atoms with Gasteiger partial charge in [0.15, 0.2) is 0 Å². The lowest BCUT2D eigenvalue weighted by Gasteiger charge is -2.25. The van der Waals surface area contributed by atoms with Crippen LogP contribution >= 0.6 is 0 Å². The van der Waals surface area contributed by atoms with E-state index in [1.54, 1.807) is 6.26 Å². The molecule has 1 fully saturated rings. The Hall–Kier alpha value is -1.81. The van der Waals surface area contributed by atoms with Crippen molar-refractivity contribution in [3.05, 3.63) is 47.5 Å². The van der Waals surface area contributed by atoms with E-state index in [0.717, 1.165) is 23.7 Å². The fourth-order valence-corrected chi connectivity index (χ4v) is 2.41. The number of hydrogen-bond donors (Lipinski definition) is 1. The van der Waals surface area contributed by atoms with E-state index in [1.165, 1.54) is 18.4 Å². The van der Waals surface area contributed by atoms with Crippen molar-refractivity contribution in [3.63, 3.8) is 0 Å². The number of pyridine rings is 1. The Morgan fingerprint density at radius 3 is 2.89 bits per heavy atom. The van der Waals surface area contributed by atoms with Crippen LogP contribution in [0.2, 0.25) is 0 Å². The van der Waals surface area contributed by atoms with Crippen molar-refractivity contribution in [2.24, 2.45) is 5.73 Å². The molecule has 0 aromatic carbocycles. The molecule has 2 N–H and O–H groups in total. The first-order chi connectivity index (χ1) is 9.29. The Bertz CT molecular complexity index is 547. The minimum atomic E-state index is 0.524. The number of aromatic nitrogens is 1. The van der Waals surface area contributed by atoms with Crippen molar-refractivity contribution in [2.75, 3.05) is 4.90 Å². The van der Waals surface area contributed by atoms with Crippen molar-refractivity contribution in [2.45, 2.75) is 38.9 Å². The van der Waals surface area contributed by atoms with Gasteiger partial charge in [0.05, 0.1) is 12.8 Å². The van der Waals surface area contributed by atoms with Crippen molar-refractivity contribution in [3.8, 4) is 0 Å². The zero-order valence-electron chi connectivity index (χ0n) is 11.2. The molecule has 0 aliphatic heterocycles. The summed E-state index contributed by atoms with van der Waals surface area (Å²) in [5, 5.41) is 0. The molecule has 3 rings (SSSR count). The zero-order valence-corrected chi connectivity index (χ0v) is 11.2. The summed E-state index contributed by atoms with van der Waals surface area (Å²) in [6.45, 7) is 3.38. The number of nitrogens with zero attached hydrogens (tertiary/aromatic N) is 2. The van der Waals surface area contributed by atoms with Crippen molar-refractivity contribution in [1.29, 1.82) is 0 Å². The molecule has 4 nitrogen and oxygen atoms in total. The molecule has 0 unspecified atom stereocenters. The van der Waals surface area contributed by atoms with Crippen LogP contribution in [0.15, 0.2) is 35.1 Å². The predicted molar refractivity (Wildman–Crippen MR) is 74.8 cm³/mol. The molecule has 2 aromatic heterocycles. The summed E-state index contributed by atoms with van der Waals surface area (Å²) in [5.41, 5.74) is 8.24. The third-order valence-corrected chi connectivity index (χ3v) is 3.64. The molecular weight excluding hydrogens is 238 g/mol. The summed E-state index contributed by atoms with van der Waals surface area (Å²) in [6, 6.07) is 6.52. The number of furan rings is 1. The minimum Gasteiger partial charge on any atom is -0.467 e. The molecule has 4 heteroatoms. The number of aryl methyl sites for hydroxylation is 1. The van der Waals surface area contributed by atoms with Crippen LogP contribution in [-0.4, -0.2) is 11.0 Å². The Kier molecular flexibility index (Phi) is 3.25. The first-order valence-electron chi connectivity index (χ1n) is 6.73. The normalized spacial score (nSPS) is 14.6. The van der Waals surface area contributed by atoms with Gasteiger partial charge in [0.1, 0.15) is 11.6 Å². The third kappa shape index (κ3) is 2.49. The maximum atomic E-state index is 5.89. The zero-order chi connectivity index (χ0) is 13.2. The predicted octanol–water partition coefficient (Wildman–Crippen LogP) is 2.61. The van der Waals surface area contributed by atoms with Crippen LogP contribution in [0.5, 0.6) is 0 Å². The first-order valence-corrected chi connectivity index (χ1v) is 6.73. The third-order valence-electron chi connectivity index (χ3n) is 3.64. The molecule has 100 valence electrons. The lowest BCUT2D eigenvalue weighted by atomic mass is 10.1. The van der Waals surface area contributed by atoms with E-state index in [-0.39, 0.29) is 0 Å². The molecule has 0 radical (unpaired) electrons. The van der Waals surface area contributed by atoms with E-state index < -0.39 is 0 Å². The summed E-state index contributed by atoms with van der Waals surface area (Å²) in [5.74, 6) is 1.99. The fourth-order valence-electron chi connectivity index (χ4n) is 2.41. The summed E-state index contributed by atoms with van der Waals surface area (Å²) >= 11 is 0. The molecule has 19 heavy (non-hydrogen) atoms. The highest BCUT2D eigenvalue weighted by Gasteiger charge is 2.31. The van der Waals surface area contributed by atoms with Gasteiger partial charge in [-0.3, -0.25) is 0 Å². The molecule has 1 saturated carbocycles. The van der Waals surface area contributed by atoms with E-state index in [0.29, 0.717) is 12.6 Å². The Labute approximate surface area is 113 Å². The van der Waals surface area contributed by atoms with E-state index in [4.69, 9.17) is 10.2 Å². The van der Waals surface area contributed by atoms with Crippen molar-refractivity contribution in [1.82, 2.24) is 4.98 Å². The van der Waals surface area contributed by atoms with Gasteiger partial charge in [-0.25, -0.2) is 4.98 Å². The van der Waals surface area contributed by atoms with Gasteiger partial charge < -0.3 is 15.1 Å². The Morgan fingerprint density at radius 1 is 1.42 bits per heavy atom. The molecule has 0 amide bonds. The SMILES string of the molecule is Cc1ccnc(N(Cc2ccco2)C2CC2)c1CN. The molecule has 0 spiro atoms. The van der Waals surface area contributed by atoms with Crippen LogP contribution in [0.25, 0.3) is 0 Å². The van der Waals surface area contributed by atoms with Crippen LogP contribution < -0.4 is 10.6 Å². The second-order valence-corrected chi connectivity index (χ2v) is 5.07. The highest BCUT2D eigenvalue weighted by Crippen LogP contribution is 2.34. The van der Waals surface area contributed by atoms with Gasteiger partial charge in [0.25, 0.3) is 0 Å². The average molecular weight is 257 g/mol. The maximum absolute atomic E-state index is 5.89. The number of anilines is 1. The van der Waals surface area contributed by atoms with Gasteiger partial charge in [-0.2, -0.15) is 0 Å². The van der Waals surface area contributed by atoms with Crippen molar-refractivity contribution < 1.29 is 4.42 Å². The van der Waals surface area contributed by atoms with Gasteiger partial charge in [-0.05, 0) is 43.5 Å². The number of nitrogens with two attached hydrogens (primary N) is 1. The quantitative estimate of drug-likeness (QED) is 0.894. The summed E-state index contributed by atoms with van der Waals surface area (Å²) in [7, 11) is 0. The van der Waals surface area contributed by atoms with Gasteiger partial charge in [0, 0.05) is 24.3 Å². The van der Waals surface area contributed by atoms with Gasteiger partial charge in [-0.1, -0.05) is 0 Å². The highest BCUT2D eigenvalue weighted by atomic mass is 16.3. The standard InChI is InChI=1S/C15H19N3O/c1-11-6-7-17-15(14(11)9-16)18(12-4-5-12)10-13-3-2-8-19-13/h2-3,6-8,12H,4-5,9-10,16H2,1H3. The second-order valence-electron chi connectivity index (χ2n) is 5.07. The molecular formula is C15H19N3O. The molecule has 1 aliphatic carbocycles. The lowest BCUT2D eigenvalue weighted by Crippen LogP contribution is -2.27. The Balaban J connectivity index is 1.94. The number of hydrogen-bond acceptors (Lipinski definition) is 4. The second kappa shape index (κ2) is 5.05. The topological polar surface area (TPSA) is 55.3 Å². The summed E-state index contributed by atoms with van der Waals surface area (Å²) in [4.78, 5) is 6.88. The monoisotopic (exact) mass is 257 g/mol. The minimum absolute atomic E-state index is 0.524. The smallest absolute Gasteiger partial charge is 0.133 e. The van der Waals surface area contributed by atoms with E-state index in [1.807, 2.05) is 24.4 Å². The molecule has 0 bridgehead atoms. The fraction of sp³-hybridized carbons (Fsp3) is 0.400. The van der Waals surface area contributed by atoms with Crippen molar-refractivity contribution >= 4 is 5.82 Å². The van der Waals surface area contributed by atoms with E-state index in [9.17, 15) is 0 Å². The van der Waals surface area contributed by atoms with Crippen LogP contribution in [0.4, 0.5) is 5.82 Å². The van der Waals surface area contributed by atoms with Gasteiger partial charge in [0.2, 0.25) is 0 Å². The molecule has 2 heterocycles.